The largest absolute Gasteiger partial charge is 0.263 e. The van der Waals surface area contributed by atoms with Crippen molar-refractivity contribution >= 4 is 0 Å². The second-order valence-electron chi connectivity index (χ2n) is 5.35. The Balaban J connectivity index is 1.80. The van der Waals surface area contributed by atoms with Crippen molar-refractivity contribution in [3.8, 4) is 0 Å². The van der Waals surface area contributed by atoms with Crippen LogP contribution in [0, 0.1) is 13.8 Å². The molecule has 0 bridgehead atoms. The lowest BCUT2D eigenvalue weighted by Crippen LogP contribution is -2.12. The molecule has 0 aliphatic heterocycles. The lowest BCUT2D eigenvalue weighted by atomic mass is 10.1. The topological polar surface area (TPSA) is 59.4 Å². The summed E-state index contributed by atoms with van der Waals surface area (Å²) in [5.74, 6) is 1.65. The summed E-state index contributed by atoms with van der Waals surface area (Å²) in [6, 6.07) is 12.4. The Morgan fingerprint density at radius 2 is 1.95 bits per heavy atom. The van der Waals surface area contributed by atoms with Crippen molar-refractivity contribution in [1.82, 2.24) is 25.0 Å². The number of rotatable bonds is 4. The van der Waals surface area contributed by atoms with E-state index < -0.39 is 0 Å². The van der Waals surface area contributed by atoms with E-state index in [0.717, 1.165) is 29.5 Å². The van der Waals surface area contributed by atoms with Crippen LogP contribution in [0.25, 0.3) is 0 Å². The van der Waals surface area contributed by atoms with Gasteiger partial charge in [-0.1, -0.05) is 30.3 Å². The summed E-state index contributed by atoms with van der Waals surface area (Å²) in [5.41, 5.74) is 3.35. The maximum atomic E-state index is 4.60. The summed E-state index contributed by atoms with van der Waals surface area (Å²) < 4.78 is 1.96. The normalized spacial score (nSPS) is 12.5. The van der Waals surface area contributed by atoms with Crippen LogP contribution >= 0.6 is 0 Å². The molecule has 0 saturated heterocycles. The predicted molar refractivity (Wildman–Crippen MR) is 81.1 cm³/mol. The van der Waals surface area contributed by atoms with Crippen LogP contribution in [0.15, 0.2) is 36.4 Å². The average Bonchev–Trinajstić information content (AvgIpc) is 3.06. The molecular formula is C16H19N5. The third-order valence-corrected chi connectivity index (χ3v) is 3.55. The van der Waals surface area contributed by atoms with E-state index in [1.165, 1.54) is 5.56 Å². The first-order valence-electron chi connectivity index (χ1n) is 7.11. The summed E-state index contributed by atoms with van der Waals surface area (Å²) in [5, 5.41) is 11.9. The highest BCUT2D eigenvalue weighted by Crippen LogP contribution is 2.17. The lowest BCUT2D eigenvalue weighted by molar-refractivity contribution is 0.522. The van der Waals surface area contributed by atoms with E-state index in [1.807, 2.05) is 36.7 Å². The average molecular weight is 281 g/mol. The van der Waals surface area contributed by atoms with Crippen LogP contribution < -0.4 is 0 Å². The van der Waals surface area contributed by atoms with Crippen molar-refractivity contribution in [1.29, 1.82) is 0 Å². The van der Waals surface area contributed by atoms with Gasteiger partial charge in [0.2, 0.25) is 0 Å². The fourth-order valence-corrected chi connectivity index (χ4v) is 2.51. The van der Waals surface area contributed by atoms with E-state index in [0.29, 0.717) is 0 Å². The summed E-state index contributed by atoms with van der Waals surface area (Å²) in [6.07, 6.45) is 0.762. The molecule has 5 heteroatoms. The number of H-pyrrole nitrogens is 1. The van der Waals surface area contributed by atoms with Gasteiger partial charge < -0.3 is 0 Å². The van der Waals surface area contributed by atoms with Gasteiger partial charge in [0.05, 0.1) is 5.69 Å². The van der Waals surface area contributed by atoms with Crippen molar-refractivity contribution in [2.24, 2.45) is 0 Å². The summed E-state index contributed by atoms with van der Waals surface area (Å²) in [6.45, 7) is 6.11. The number of hydrogen-bond donors (Lipinski definition) is 1. The summed E-state index contributed by atoms with van der Waals surface area (Å²) in [4.78, 5) is 4.60. The van der Waals surface area contributed by atoms with E-state index in [9.17, 15) is 0 Å². The van der Waals surface area contributed by atoms with E-state index in [1.54, 1.807) is 0 Å². The number of aryl methyl sites for hydroxylation is 2. The molecule has 0 saturated carbocycles. The number of hydrogen-bond acceptors (Lipinski definition) is 3. The molecule has 2 aromatic heterocycles. The van der Waals surface area contributed by atoms with Crippen LogP contribution in [0.5, 0.6) is 0 Å². The smallest absolute Gasteiger partial charge is 0.174 e. The quantitative estimate of drug-likeness (QED) is 0.800. The third-order valence-electron chi connectivity index (χ3n) is 3.55. The number of aromatic amines is 1. The molecule has 0 aliphatic carbocycles. The van der Waals surface area contributed by atoms with E-state index in [-0.39, 0.29) is 6.04 Å². The molecular weight excluding hydrogens is 262 g/mol. The highest BCUT2D eigenvalue weighted by atomic mass is 15.3. The Morgan fingerprint density at radius 3 is 2.62 bits per heavy atom. The molecule has 2 heterocycles. The molecule has 0 aliphatic rings. The maximum Gasteiger partial charge on any atom is 0.174 e. The summed E-state index contributed by atoms with van der Waals surface area (Å²) >= 11 is 0. The highest BCUT2D eigenvalue weighted by Gasteiger charge is 2.16. The Labute approximate surface area is 124 Å². The van der Waals surface area contributed by atoms with Gasteiger partial charge in [-0.05, 0) is 32.4 Å². The van der Waals surface area contributed by atoms with Gasteiger partial charge in [-0.15, -0.1) is 0 Å². The molecule has 0 unspecified atom stereocenters. The molecule has 21 heavy (non-hydrogen) atoms. The van der Waals surface area contributed by atoms with E-state index >= 15 is 0 Å². The van der Waals surface area contributed by atoms with Crippen molar-refractivity contribution in [2.75, 3.05) is 0 Å². The van der Waals surface area contributed by atoms with Gasteiger partial charge in [-0.3, -0.25) is 9.78 Å². The number of nitrogens with zero attached hydrogens (tertiary/aromatic N) is 4. The molecule has 0 radical (unpaired) electrons. The number of benzene rings is 1. The standard InChI is InChI=1S/C16H19N5/c1-11-9-12(2)21(20-11)13(3)16-17-15(18-19-16)10-14-7-5-4-6-8-14/h4-9,13H,10H2,1-3H3,(H,17,18,19)/t13-/m0/s1. The first-order chi connectivity index (χ1) is 10.1. The monoisotopic (exact) mass is 281 g/mol. The van der Waals surface area contributed by atoms with Crippen molar-refractivity contribution < 1.29 is 0 Å². The van der Waals surface area contributed by atoms with Crippen LogP contribution in [-0.4, -0.2) is 25.0 Å². The SMILES string of the molecule is Cc1cc(C)n([C@@H](C)c2n[nH]c(Cc3ccccc3)n2)n1. The van der Waals surface area contributed by atoms with Crippen LogP contribution in [0.2, 0.25) is 0 Å². The minimum Gasteiger partial charge on any atom is -0.263 e. The maximum absolute atomic E-state index is 4.60. The van der Waals surface area contributed by atoms with Crippen LogP contribution in [-0.2, 0) is 6.42 Å². The second kappa shape index (κ2) is 5.52. The van der Waals surface area contributed by atoms with Gasteiger partial charge in [-0.2, -0.15) is 10.2 Å². The molecule has 1 atom stereocenters. The molecule has 0 spiro atoms. The lowest BCUT2D eigenvalue weighted by Gasteiger charge is -2.10. The third kappa shape index (κ3) is 2.86. The summed E-state index contributed by atoms with van der Waals surface area (Å²) in [7, 11) is 0. The molecule has 5 nitrogen and oxygen atoms in total. The zero-order valence-corrected chi connectivity index (χ0v) is 12.5. The van der Waals surface area contributed by atoms with Crippen LogP contribution in [0.1, 0.15) is 41.6 Å². The fourth-order valence-electron chi connectivity index (χ4n) is 2.51. The zero-order chi connectivity index (χ0) is 14.8. The van der Waals surface area contributed by atoms with Gasteiger partial charge in [-0.25, -0.2) is 4.98 Å². The molecule has 0 fully saturated rings. The minimum atomic E-state index is 0.0273. The van der Waals surface area contributed by atoms with Gasteiger partial charge in [0.15, 0.2) is 5.82 Å². The molecule has 1 N–H and O–H groups in total. The van der Waals surface area contributed by atoms with Gasteiger partial charge in [0.1, 0.15) is 11.9 Å². The van der Waals surface area contributed by atoms with Crippen LogP contribution in [0.4, 0.5) is 0 Å². The van der Waals surface area contributed by atoms with Gasteiger partial charge >= 0.3 is 0 Å². The Morgan fingerprint density at radius 1 is 1.19 bits per heavy atom. The zero-order valence-electron chi connectivity index (χ0n) is 12.5. The van der Waals surface area contributed by atoms with Gasteiger partial charge in [0.25, 0.3) is 0 Å². The van der Waals surface area contributed by atoms with E-state index in [2.05, 4.69) is 45.4 Å². The van der Waals surface area contributed by atoms with Crippen LogP contribution in [0.3, 0.4) is 0 Å². The second-order valence-corrected chi connectivity index (χ2v) is 5.35. The van der Waals surface area contributed by atoms with Crippen molar-refractivity contribution in [2.45, 2.75) is 33.2 Å². The van der Waals surface area contributed by atoms with Crippen molar-refractivity contribution in [3.63, 3.8) is 0 Å². The van der Waals surface area contributed by atoms with Gasteiger partial charge in [0, 0.05) is 12.1 Å². The molecule has 3 rings (SSSR count). The predicted octanol–water partition coefficient (Wildman–Crippen LogP) is 2.82. The Kier molecular flexibility index (Phi) is 3.56. The number of nitrogens with one attached hydrogen (secondary N) is 1. The first kappa shape index (κ1) is 13.5. The number of aromatic nitrogens is 5. The molecule has 1 aromatic carbocycles. The molecule has 3 aromatic rings. The van der Waals surface area contributed by atoms with Crippen molar-refractivity contribution in [3.05, 3.63) is 65.0 Å². The molecule has 108 valence electrons. The Bertz CT molecular complexity index is 726. The fraction of sp³-hybridized carbons (Fsp3) is 0.312. The van der Waals surface area contributed by atoms with E-state index in [4.69, 9.17) is 0 Å². The highest BCUT2D eigenvalue weighted by molar-refractivity contribution is 5.19. The Hall–Kier alpha value is -2.43. The minimum absolute atomic E-state index is 0.0273. The molecule has 0 amide bonds. The first-order valence-corrected chi connectivity index (χ1v) is 7.11.